The van der Waals surface area contributed by atoms with Crippen LogP contribution in [-0.4, -0.2) is 24.3 Å². The van der Waals surface area contributed by atoms with Gasteiger partial charge < -0.3 is 5.32 Å². The molecule has 0 aliphatic rings. The maximum Gasteiger partial charge on any atom is 0.471 e. The molecule has 0 saturated carbocycles. The molecule has 12 heavy (non-hydrogen) atoms. The van der Waals surface area contributed by atoms with Crippen molar-refractivity contribution in [3.05, 3.63) is 0 Å². The van der Waals surface area contributed by atoms with E-state index in [1.54, 1.807) is 0 Å². The second-order valence-corrected chi connectivity index (χ2v) is 2.44. The van der Waals surface area contributed by atoms with E-state index in [0.717, 1.165) is 13.8 Å². The van der Waals surface area contributed by atoms with E-state index in [4.69, 9.17) is 0 Å². The largest absolute Gasteiger partial charge is 0.471 e. The predicted molar refractivity (Wildman–Crippen MR) is 34.2 cm³/mol. The van der Waals surface area contributed by atoms with Crippen LogP contribution < -0.4 is 5.32 Å². The average Bonchev–Trinajstić information content (AvgIpc) is 1.85. The fraction of sp³-hybridized carbons (Fsp3) is 0.833. The van der Waals surface area contributed by atoms with Crippen molar-refractivity contribution in [2.45, 2.75) is 32.2 Å². The smallest absolute Gasteiger partial charge is 0.343 e. The van der Waals surface area contributed by atoms with Crippen molar-refractivity contribution in [2.24, 2.45) is 0 Å². The molecule has 1 N–H and O–H groups in total. The van der Waals surface area contributed by atoms with Crippen LogP contribution in [0, 0.1) is 0 Å². The van der Waals surface area contributed by atoms with Gasteiger partial charge in [0.1, 0.15) is 6.17 Å². The van der Waals surface area contributed by atoms with E-state index in [0.29, 0.717) is 0 Å². The summed E-state index contributed by atoms with van der Waals surface area (Å²) in [7, 11) is 0. The van der Waals surface area contributed by atoms with Crippen LogP contribution >= 0.6 is 0 Å². The van der Waals surface area contributed by atoms with E-state index in [1.165, 1.54) is 5.32 Å². The molecule has 0 saturated heterocycles. The first kappa shape index (κ1) is 11.2. The minimum atomic E-state index is -4.94. The molecule has 0 spiro atoms. The Hall–Kier alpha value is -0.810. The summed E-state index contributed by atoms with van der Waals surface area (Å²) in [5, 5.41) is 1.48. The van der Waals surface area contributed by atoms with E-state index >= 15 is 0 Å². The molecule has 2 nitrogen and oxygen atoms in total. The summed E-state index contributed by atoms with van der Waals surface area (Å²) in [6.45, 7) is 2.23. The fourth-order valence-electron chi connectivity index (χ4n) is 0.403. The van der Waals surface area contributed by atoms with Crippen LogP contribution in [0.1, 0.15) is 13.8 Å². The fourth-order valence-corrected chi connectivity index (χ4v) is 0.403. The monoisotopic (exact) mass is 187 g/mol. The molecule has 0 aliphatic carbocycles. The molecule has 6 heteroatoms. The van der Waals surface area contributed by atoms with Gasteiger partial charge >= 0.3 is 12.1 Å². The quantitative estimate of drug-likeness (QED) is 0.650. The first-order valence-electron chi connectivity index (χ1n) is 3.27. The van der Waals surface area contributed by atoms with Gasteiger partial charge in [0.25, 0.3) is 0 Å². The summed E-state index contributed by atoms with van der Waals surface area (Å²) >= 11 is 0. The number of carbonyl (C=O) groups is 1. The Morgan fingerprint density at radius 3 is 2.00 bits per heavy atom. The molecule has 0 heterocycles. The van der Waals surface area contributed by atoms with Crippen molar-refractivity contribution in [1.82, 2.24) is 5.32 Å². The van der Waals surface area contributed by atoms with Crippen molar-refractivity contribution < 1.29 is 22.4 Å². The molecule has 0 rings (SSSR count). The van der Waals surface area contributed by atoms with E-state index in [-0.39, 0.29) is 0 Å². The van der Waals surface area contributed by atoms with Crippen molar-refractivity contribution in [1.29, 1.82) is 0 Å². The molecule has 0 radical (unpaired) electrons. The highest BCUT2D eigenvalue weighted by atomic mass is 19.4. The number of halogens is 4. The molecular formula is C6H9F4NO. The minimum Gasteiger partial charge on any atom is -0.343 e. The van der Waals surface area contributed by atoms with E-state index in [9.17, 15) is 22.4 Å². The van der Waals surface area contributed by atoms with Gasteiger partial charge in [-0.15, -0.1) is 0 Å². The maximum absolute atomic E-state index is 12.3. The van der Waals surface area contributed by atoms with Gasteiger partial charge in [-0.25, -0.2) is 4.39 Å². The summed E-state index contributed by atoms with van der Waals surface area (Å²) < 4.78 is 46.9. The second-order valence-electron chi connectivity index (χ2n) is 2.44. The van der Waals surface area contributed by atoms with Gasteiger partial charge in [-0.3, -0.25) is 4.79 Å². The second kappa shape index (κ2) is 3.73. The third kappa shape index (κ3) is 3.54. The normalized spacial score (nSPS) is 16.8. The first-order valence-corrected chi connectivity index (χ1v) is 3.27. The number of hydrogen-bond donors (Lipinski definition) is 1. The van der Waals surface area contributed by atoms with E-state index < -0.39 is 24.3 Å². The van der Waals surface area contributed by atoms with Crippen molar-refractivity contribution in [3.63, 3.8) is 0 Å². The first-order chi connectivity index (χ1) is 5.25. The molecule has 0 aromatic rings. The number of amides is 1. The Morgan fingerprint density at radius 1 is 1.33 bits per heavy atom. The van der Waals surface area contributed by atoms with Crippen LogP contribution in [0.4, 0.5) is 17.6 Å². The third-order valence-electron chi connectivity index (χ3n) is 1.31. The summed E-state index contributed by atoms with van der Waals surface area (Å²) in [4.78, 5) is 10.2. The maximum atomic E-state index is 12.3. The lowest BCUT2D eigenvalue weighted by Gasteiger charge is -2.15. The van der Waals surface area contributed by atoms with Gasteiger partial charge in [0, 0.05) is 0 Å². The number of rotatable bonds is 2. The number of hydrogen-bond acceptors (Lipinski definition) is 1. The van der Waals surface area contributed by atoms with Crippen molar-refractivity contribution in [3.8, 4) is 0 Å². The zero-order chi connectivity index (χ0) is 9.94. The van der Waals surface area contributed by atoms with Gasteiger partial charge in [0.15, 0.2) is 0 Å². The number of alkyl halides is 4. The summed E-state index contributed by atoms with van der Waals surface area (Å²) in [5.41, 5.74) is 0. The lowest BCUT2D eigenvalue weighted by Crippen LogP contribution is -2.45. The van der Waals surface area contributed by atoms with Crippen LogP contribution in [0.5, 0.6) is 0 Å². The minimum absolute atomic E-state index is 1.07. The number of carbonyl (C=O) groups excluding carboxylic acids is 1. The lowest BCUT2D eigenvalue weighted by atomic mass is 10.2. The van der Waals surface area contributed by atoms with Gasteiger partial charge in [0.2, 0.25) is 0 Å². The SMILES string of the molecule is CC(NC(=O)C(F)(F)F)[C@H](C)F. The number of nitrogens with one attached hydrogen (secondary N) is 1. The van der Waals surface area contributed by atoms with Crippen LogP contribution in [0.2, 0.25) is 0 Å². The topological polar surface area (TPSA) is 29.1 Å². The summed E-state index contributed by atoms with van der Waals surface area (Å²) in [6.07, 6.45) is -6.44. The highest BCUT2D eigenvalue weighted by molar-refractivity contribution is 5.81. The Labute approximate surface area is 66.9 Å². The van der Waals surface area contributed by atoms with Crippen LogP contribution in [-0.2, 0) is 4.79 Å². The summed E-state index contributed by atoms with van der Waals surface area (Å²) in [5.74, 6) is -2.11. The van der Waals surface area contributed by atoms with Crippen LogP contribution in [0.25, 0.3) is 0 Å². The zero-order valence-electron chi connectivity index (χ0n) is 6.57. The molecule has 0 aliphatic heterocycles. The Bertz CT molecular complexity index is 165. The van der Waals surface area contributed by atoms with E-state index in [2.05, 4.69) is 0 Å². The molecule has 72 valence electrons. The standard InChI is InChI=1S/C6H9F4NO/c1-3(7)4(2)11-5(12)6(8,9)10/h3-4H,1-2H3,(H,11,12)/t3-,4?/m0/s1. The molecular weight excluding hydrogens is 178 g/mol. The van der Waals surface area contributed by atoms with Gasteiger partial charge in [-0.1, -0.05) is 0 Å². The third-order valence-corrected chi connectivity index (χ3v) is 1.31. The van der Waals surface area contributed by atoms with Gasteiger partial charge in [-0.05, 0) is 13.8 Å². The predicted octanol–water partition coefficient (Wildman–Crippen LogP) is 1.41. The molecule has 1 amide bonds. The Kier molecular flexibility index (Phi) is 3.48. The molecule has 0 fully saturated rings. The Balaban J connectivity index is 4.02. The lowest BCUT2D eigenvalue weighted by molar-refractivity contribution is -0.174. The zero-order valence-corrected chi connectivity index (χ0v) is 6.57. The van der Waals surface area contributed by atoms with Crippen molar-refractivity contribution >= 4 is 5.91 Å². The van der Waals surface area contributed by atoms with Crippen molar-refractivity contribution in [2.75, 3.05) is 0 Å². The van der Waals surface area contributed by atoms with Crippen LogP contribution in [0.3, 0.4) is 0 Å². The molecule has 2 atom stereocenters. The average molecular weight is 187 g/mol. The summed E-state index contributed by atoms with van der Waals surface area (Å²) in [6, 6.07) is -1.13. The molecule has 0 bridgehead atoms. The molecule has 0 aromatic carbocycles. The Morgan fingerprint density at radius 2 is 1.75 bits per heavy atom. The molecule has 1 unspecified atom stereocenters. The van der Waals surface area contributed by atoms with E-state index in [1.807, 2.05) is 0 Å². The van der Waals surface area contributed by atoms with Gasteiger partial charge in [-0.2, -0.15) is 13.2 Å². The molecule has 0 aromatic heterocycles. The highest BCUT2D eigenvalue weighted by Crippen LogP contribution is 2.14. The van der Waals surface area contributed by atoms with Crippen LogP contribution in [0.15, 0.2) is 0 Å². The van der Waals surface area contributed by atoms with Gasteiger partial charge in [0.05, 0.1) is 6.04 Å². The highest BCUT2D eigenvalue weighted by Gasteiger charge is 2.39.